The minimum absolute atomic E-state index is 0.226. The van der Waals surface area contributed by atoms with Crippen molar-refractivity contribution in [1.82, 2.24) is 10.2 Å². The first kappa shape index (κ1) is 18.4. The topological polar surface area (TPSA) is 95.9 Å². The first-order chi connectivity index (χ1) is 13.0. The normalized spacial score (nSPS) is 15.6. The molecule has 2 aromatic rings. The molecule has 0 aromatic heterocycles. The van der Waals surface area contributed by atoms with Crippen LogP contribution in [0.1, 0.15) is 21.5 Å². The highest BCUT2D eigenvalue weighted by molar-refractivity contribution is 5.98. The predicted molar refractivity (Wildman–Crippen MR) is 97.4 cm³/mol. The Balaban J connectivity index is 1.88. The van der Waals surface area contributed by atoms with Gasteiger partial charge in [-0.2, -0.15) is 0 Å². The van der Waals surface area contributed by atoms with Crippen molar-refractivity contribution in [2.45, 2.75) is 19.0 Å². The Labute approximate surface area is 156 Å². The summed E-state index contributed by atoms with van der Waals surface area (Å²) in [6.07, 6.45) is 0.441. The molecule has 1 atom stereocenters. The number of aliphatic carboxylic acids is 1. The molecule has 0 saturated heterocycles. The van der Waals surface area contributed by atoms with Gasteiger partial charge in [-0.3, -0.25) is 9.59 Å². The molecule has 0 radical (unpaired) electrons. The second-order valence-corrected chi connectivity index (χ2v) is 6.25. The van der Waals surface area contributed by atoms with Gasteiger partial charge in [0, 0.05) is 25.6 Å². The van der Waals surface area contributed by atoms with Gasteiger partial charge in [0.05, 0.1) is 0 Å². The van der Waals surface area contributed by atoms with E-state index < -0.39 is 18.6 Å². The number of fused-ring (bicyclic) bond motifs is 1. The van der Waals surface area contributed by atoms with Crippen molar-refractivity contribution in [2.75, 3.05) is 13.7 Å². The molecule has 1 aliphatic rings. The van der Waals surface area contributed by atoms with E-state index in [1.54, 1.807) is 25.2 Å². The van der Waals surface area contributed by atoms with Gasteiger partial charge in [0.15, 0.2) is 6.61 Å². The fraction of sp³-hybridized carbons (Fsp3) is 0.250. The van der Waals surface area contributed by atoms with Crippen LogP contribution in [0.3, 0.4) is 0 Å². The molecule has 7 heteroatoms. The average Bonchev–Trinajstić information content (AvgIpc) is 2.70. The van der Waals surface area contributed by atoms with Crippen molar-refractivity contribution in [3.63, 3.8) is 0 Å². The van der Waals surface area contributed by atoms with E-state index >= 15 is 0 Å². The maximum absolute atomic E-state index is 13.1. The summed E-state index contributed by atoms with van der Waals surface area (Å²) < 4.78 is 5.15. The van der Waals surface area contributed by atoms with E-state index in [2.05, 4.69) is 5.32 Å². The number of hydrogen-bond acceptors (Lipinski definition) is 4. The van der Waals surface area contributed by atoms with Crippen LogP contribution in [0.4, 0.5) is 0 Å². The van der Waals surface area contributed by atoms with Gasteiger partial charge in [-0.1, -0.05) is 30.3 Å². The number of carboxylic acid groups (broad SMARTS) is 1. The summed E-state index contributed by atoms with van der Waals surface area (Å²) in [5.41, 5.74) is 2.39. The Bertz CT molecular complexity index is 880. The van der Waals surface area contributed by atoms with Gasteiger partial charge < -0.3 is 20.1 Å². The first-order valence-electron chi connectivity index (χ1n) is 8.53. The summed E-state index contributed by atoms with van der Waals surface area (Å²) in [6.45, 7) is -0.164. The molecule has 0 fully saturated rings. The van der Waals surface area contributed by atoms with Crippen molar-refractivity contribution < 1.29 is 24.2 Å². The highest BCUT2D eigenvalue weighted by Gasteiger charge is 2.34. The van der Waals surface area contributed by atoms with Crippen LogP contribution in [-0.2, 0) is 22.6 Å². The van der Waals surface area contributed by atoms with Crippen LogP contribution in [0.2, 0.25) is 0 Å². The van der Waals surface area contributed by atoms with E-state index in [1.807, 2.05) is 24.3 Å². The highest BCUT2D eigenvalue weighted by atomic mass is 16.5. The van der Waals surface area contributed by atoms with Gasteiger partial charge in [0.1, 0.15) is 11.8 Å². The lowest BCUT2D eigenvalue weighted by Gasteiger charge is -2.35. The molecule has 0 aliphatic carbocycles. The minimum Gasteiger partial charge on any atom is -0.482 e. The van der Waals surface area contributed by atoms with Crippen LogP contribution in [0.5, 0.6) is 5.75 Å². The lowest BCUT2D eigenvalue weighted by Crippen LogP contribution is -2.51. The Hall–Kier alpha value is -3.35. The Morgan fingerprint density at radius 1 is 1.15 bits per heavy atom. The second kappa shape index (κ2) is 7.90. The third kappa shape index (κ3) is 4.08. The molecule has 0 spiro atoms. The van der Waals surface area contributed by atoms with Crippen LogP contribution in [0.15, 0.2) is 48.5 Å². The van der Waals surface area contributed by atoms with Crippen molar-refractivity contribution in [3.8, 4) is 5.75 Å². The molecule has 1 aliphatic heterocycles. The molecule has 2 aromatic carbocycles. The fourth-order valence-corrected chi connectivity index (χ4v) is 3.17. The van der Waals surface area contributed by atoms with Gasteiger partial charge in [-0.05, 0) is 29.3 Å². The third-order valence-electron chi connectivity index (χ3n) is 4.50. The van der Waals surface area contributed by atoms with Gasteiger partial charge in [-0.15, -0.1) is 0 Å². The van der Waals surface area contributed by atoms with Crippen molar-refractivity contribution >= 4 is 17.8 Å². The molecule has 3 rings (SSSR count). The first-order valence-corrected chi connectivity index (χ1v) is 8.53. The molecule has 0 bridgehead atoms. The van der Waals surface area contributed by atoms with Crippen LogP contribution < -0.4 is 10.1 Å². The highest BCUT2D eigenvalue weighted by Crippen LogP contribution is 2.26. The Morgan fingerprint density at radius 3 is 2.59 bits per heavy atom. The van der Waals surface area contributed by atoms with E-state index in [9.17, 15) is 14.4 Å². The number of nitrogens with one attached hydrogen (secondary N) is 1. The molecule has 140 valence electrons. The second-order valence-electron chi connectivity index (χ2n) is 6.25. The van der Waals surface area contributed by atoms with E-state index in [0.29, 0.717) is 18.5 Å². The molecule has 2 N–H and O–H groups in total. The number of carbonyl (C=O) groups excluding carboxylic acids is 2. The maximum atomic E-state index is 13.1. The number of nitrogens with zero attached hydrogens (tertiary/aromatic N) is 1. The van der Waals surface area contributed by atoms with Crippen LogP contribution in [0, 0.1) is 0 Å². The van der Waals surface area contributed by atoms with E-state index in [0.717, 1.165) is 11.1 Å². The summed E-state index contributed by atoms with van der Waals surface area (Å²) in [7, 11) is 1.55. The number of carbonyl (C=O) groups is 3. The molecule has 27 heavy (non-hydrogen) atoms. The average molecular weight is 368 g/mol. The molecular formula is C20H20N2O5. The number of ether oxygens (including phenoxy) is 1. The van der Waals surface area contributed by atoms with Crippen LogP contribution >= 0.6 is 0 Å². The number of hydrogen-bond donors (Lipinski definition) is 2. The monoisotopic (exact) mass is 368 g/mol. The van der Waals surface area contributed by atoms with Crippen LogP contribution in [0.25, 0.3) is 0 Å². The van der Waals surface area contributed by atoms with Crippen molar-refractivity contribution in [3.05, 3.63) is 65.2 Å². The smallest absolute Gasteiger partial charge is 0.341 e. The predicted octanol–water partition coefficient (Wildman–Crippen LogP) is 1.46. The lowest BCUT2D eigenvalue weighted by molar-refractivity contribution is -0.139. The summed E-state index contributed by atoms with van der Waals surface area (Å²) in [5.74, 6) is -1.34. The molecule has 7 nitrogen and oxygen atoms in total. The Morgan fingerprint density at radius 2 is 1.89 bits per heavy atom. The Kier molecular flexibility index (Phi) is 5.40. The van der Waals surface area contributed by atoms with Crippen molar-refractivity contribution in [2.24, 2.45) is 0 Å². The van der Waals surface area contributed by atoms with E-state index in [1.165, 1.54) is 11.0 Å². The van der Waals surface area contributed by atoms with E-state index in [-0.39, 0.29) is 17.6 Å². The molecular weight excluding hydrogens is 348 g/mol. The summed E-state index contributed by atoms with van der Waals surface area (Å²) in [5, 5.41) is 11.4. The summed E-state index contributed by atoms with van der Waals surface area (Å²) >= 11 is 0. The lowest BCUT2D eigenvalue weighted by atomic mass is 9.93. The molecule has 0 saturated carbocycles. The maximum Gasteiger partial charge on any atom is 0.341 e. The minimum atomic E-state index is -1.10. The summed E-state index contributed by atoms with van der Waals surface area (Å²) in [4.78, 5) is 37.7. The number of carboxylic acids is 1. The van der Waals surface area contributed by atoms with Gasteiger partial charge >= 0.3 is 5.97 Å². The fourth-order valence-electron chi connectivity index (χ4n) is 3.17. The molecule has 2 amide bonds. The number of amides is 2. The zero-order chi connectivity index (χ0) is 19.4. The van der Waals surface area contributed by atoms with Crippen LogP contribution in [-0.4, -0.2) is 47.5 Å². The zero-order valence-corrected chi connectivity index (χ0v) is 14.8. The SMILES string of the molecule is CNC(=O)[C@@H]1Cc2ccccc2CN1C(=O)c1cccc(OCC(=O)O)c1. The molecule has 0 unspecified atom stereocenters. The molecule has 1 heterocycles. The largest absolute Gasteiger partial charge is 0.482 e. The zero-order valence-electron chi connectivity index (χ0n) is 14.8. The van der Waals surface area contributed by atoms with Gasteiger partial charge in [0.25, 0.3) is 5.91 Å². The number of benzene rings is 2. The van der Waals surface area contributed by atoms with E-state index in [4.69, 9.17) is 9.84 Å². The van der Waals surface area contributed by atoms with Gasteiger partial charge in [-0.25, -0.2) is 4.79 Å². The summed E-state index contributed by atoms with van der Waals surface area (Å²) in [6, 6.07) is 13.4. The third-order valence-corrected chi connectivity index (χ3v) is 4.50. The quantitative estimate of drug-likeness (QED) is 0.833. The number of rotatable bonds is 5. The van der Waals surface area contributed by atoms with Crippen molar-refractivity contribution in [1.29, 1.82) is 0 Å². The van der Waals surface area contributed by atoms with Gasteiger partial charge in [0.2, 0.25) is 5.91 Å². The standard InChI is InChI=1S/C20H20N2O5/c1-21-19(25)17-10-13-5-2-3-6-15(13)11-22(17)20(26)14-7-4-8-16(9-14)27-12-18(23)24/h2-9,17H,10-12H2,1H3,(H,21,25)(H,23,24)/t17-/m0/s1. The number of likely N-dealkylation sites (N-methyl/N-ethyl adjacent to an activating group) is 1.